The molecular weight excluding hydrogens is 250 g/mol. The lowest BCUT2D eigenvalue weighted by Crippen LogP contribution is -2.11. The fraction of sp³-hybridized carbons (Fsp3) is 0.188. The van der Waals surface area contributed by atoms with E-state index < -0.39 is 0 Å². The summed E-state index contributed by atoms with van der Waals surface area (Å²) in [6.07, 6.45) is 0. The summed E-state index contributed by atoms with van der Waals surface area (Å²) in [4.78, 5) is 0. The normalized spacial score (nSPS) is 17.1. The first-order valence-electron chi connectivity index (χ1n) is 6.75. The third-order valence-corrected chi connectivity index (χ3v) is 3.88. The van der Waals surface area contributed by atoms with Gasteiger partial charge in [0.15, 0.2) is 5.82 Å². The molecular formula is C16H15N3O. The molecule has 0 saturated carbocycles. The average molecular weight is 265 g/mol. The van der Waals surface area contributed by atoms with E-state index in [-0.39, 0.29) is 0 Å². The molecule has 1 aliphatic rings. The lowest BCUT2D eigenvalue weighted by molar-refractivity contribution is 0.316. The van der Waals surface area contributed by atoms with Crippen molar-refractivity contribution in [2.24, 2.45) is 0 Å². The minimum atomic E-state index is 0.328. The molecule has 1 unspecified atom stereocenters. The Bertz CT molecular complexity index is 778. The van der Waals surface area contributed by atoms with Gasteiger partial charge in [0.1, 0.15) is 5.75 Å². The highest BCUT2D eigenvalue weighted by atomic mass is 16.5. The molecule has 0 fully saturated rings. The number of ether oxygens (including phenoxy) is 1. The first kappa shape index (κ1) is 11.3. The van der Waals surface area contributed by atoms with Crippen molar-refractivity contribution in [3.63, 3.8) is 0 Å². The molecule has 1 atom stereocenters. The minimum absolute atomic E-state index is 0.328. The lowest BCUT2D eigenvalue weighted by Gasteiger charge is -2.09. The van der Waals surface area contributed by atoms with Gasteiger partial charge in [-0.05, 0) is 18.2 Å². The summed E-state index contributed by atoms with van der Waals surface area (Å²) in [5.74, 6) is 1.91. The van der Waals surface area contributed by atoms with E-state index in [2.05, 4.69) is 23.3 Å². The highest BCUT2D eigenvalue weighted by Crippen LogP contribution is 2.35. The molecule has 0 saturated heterocycles. The van der Waals surface area contributed by atoms with Crippen molar-refractivity contribution in [3.05, 3.63) is 54.1 Å². The SMILES string of the molecule is Nc1nn(CC2COc3ccccc32)c2ccccc12. The summed E-state index contributed by atoms with van der Waals surface area (Å²) in [5, 5.41) is 5.48. The Morgan fingerprint density at radius 2 is 1.95 bits per heavy atom. The van der Waals surface area contributed by atoms with Crippen LogP contribution in [0, 0.1) is 0 Å². The molecule has 2 aromatic carbocycles. The quantitative estimate of drug-likeness (QED) is 0.775. The highest BCUT2D eigenvalue weighted by molar-refractivity contribution is 5.88. The number of nitrogens with zero attached hydrogens (tertiary/aromatic N) is 2. The number of benzene rings is 2. The summed E-state index contributed by atoms with van der Waals surface area (Å²) in [6.45, 7) is 1.49. The number of para-hydroxylation sites is 2. The fourth-order valence-electron chi connectivity index (χ4n) is 2.88. The molecule has 0 radical (unpaired) electrons. The van der Waals surface area contributed by atoms with Gasteiger partial charge in [-0.1, -0.05) is 30.3 Å². The molecule has 100 valence electrons. The fourth-order valence-corrected chi connectivity index (χ4v) is 2.88. The Balaban J connectivity index is 1.73. The van der Waals surface area contributed by atoms with Crippen LogP contribution in [0.5, 0.6) is 5.75 Å². The molecule has 1 aliphatic heterocycles. The van der Waals surface area contributed by atoms with Gasteiger partial charge in [-0.15, -0.1) is 0 Å². The summed E-state index contributed by atoms with van der Waals surface area (Å²) >= 11 is 0. The summed E-state index contributed by atoms with van der Waals surface area (Å²) < 4.78 is 7.72. The third kappa shape index (κ3) is 1.65. The standard InChI is InChI=1S/C16H15N3O/c17-16-13-6-1-3-7-14(13)19(18-16)9-11-10-20-15-8-4-2-5-12(11)15/h1-8,11H,9-10H2,(H2,17,18). The zero-order chi connectivity index (χ0) is 13.5. The lowest BCUT2D eigenvalue weighted by atomic mass is 10.0. The van der Waals surface area contributed by atoms with Crippen LogP contribution in [-0.4, -0.2) is 16.4 Å². The first-order valence-corrected chi connectivity index (χ1v) is 6.75. The zero-order valence-corrected chi connectivity index (χ0v) is 11.0. The van der Waals surface area contributed by atoms with Gasteiger partial charge < -0.3 is 10.5 Å². The van der Waals surface area contributed by atoms with Crippen molar-refractivity contribution < 1.29 is 4.74 Å². The summed E-state index contributed by atoms with van der Waals surface area (Å²) in [5.41, 5.74) is 8.32. The second kappa shape index (κ2) is 4.27. The van der Waals surface area contributed by atoms with E-state index in [0.717, 1.165) is 23.2 Å². The number of rotatable bonds is 2. The van der Waals surface area contributed by atoms with Gasteiger partial charge in [0.25, 0.3) is 0 Å². The van der Waals surface area contributed by atoms with Gasteiger partial charge in [-0.25, -0.2) is 0 Å². The summed E-state index contributed by atoms with van der Waals surface area (Å²) in [7, 11) is 0. The topological polar surface area (TPSA) is 53.1 Å². The monoisotopic (exact) mass is 265 g/mol. The largest absolute Gasteiger partial charge is 0.493 e. The summed E-state index contributed by atoms with van der Waals surface area (Å²) in [6, 6.07) is 16.3. The smallest absolute Gasteiger partial charge is 0.153 e. The maximum atomic E-state index is 5.98. The van der Waals surface area contributed by atoms with E-state index in [4.69, 9.17) is 10.5 Å². The number of anilines is 1. The molecule has 2 heterocycles. The van der Waals surface area contributed by atoms with Crippen LogP contribution in [0.2, 0.25) is 0 Å². The molecule has 2 N–H and O–H groups in total. The number of nitrogen functional groups attached to an aromatic ring is 1. The predicted molar refractivity (Wildman–Crippen MR) is 78.8 cm³/mol. The Morgan fingerprint density at radius 1 is 1.15 bits per heavy atom. The van der Waals surface area contributed by atoms with E-state index in [9.17, 15) is 0 Å². The molecule has 4 heteroatoms. The molecule has 4 rings (SSSR count). The Morgan fingerprint density at radius 3 is 2.90 bits per heavy atom. The Labute approximate surface area is 116 Å². The van der Waals surface area contributed by atoms with Gasteiger partial charge in [0.2, 0.25) is 0 Å². The number of fused-ring (bicyclic) bond motifs is 2. The van der Waals surface area contributed by atoms with Crippen molar-refractivity contribution in [2.45, 2.75) is 12.5 Å². The maximum Gasteiger partial charge on any atom is 0.153 e. The van der Waals surface area contributed by atoms with Gasteiger partial charge in [0, 0.05) is 16.9 Å². The van der Waals surface area contributed by atoms with E-state index in [1.807, 2.05) is 35.0 Å². The van der Waals surface area contributed by atoms with Crippen molar-refractivity contribution in [1.29, 1.82) is 0 Å². The third-order valence-electron chi connectivity index (χ3n) is 3.88. The van der Waals surface area contributed by atoms with Crippen LogP contribution >= 0.6 is 0 Å². The van der Waals surface area contributed by atoms with Crippen LogP contribution < -0.4 is 10.5 Å². The van der Waals surface area contributed by atoms with Crippen molar-refractivity contribution >= 4 is 16.7 Å². The van der Waals surface area contributed by atoms with Crippen molar-refractivity contribution in [2.75, 3.05) is 12.3 Å². The van der Waals surface area contributed by atoms with Crippen LogP contribution in [0.25, 0.3) is 10.9 Å². The Kier molecular flexibility index (Phi) is 2.42. The first-order chi connectivity index (χ1) is 9.83. The molecule has 1 aromatic heterocycles. The van der Waals surface area contributed by atoms with Crippen LogP contribution in [0.15, 0.2) is 48.5 Å². The highest BCUT2D eigenvalue weighted by Gasteiger charge is 2.25. The van der Waals surface area contributed by atoms with E-state index in [1.165, 1.54) is 5.56 Å². The van der Waals surface area contributed by atoms with E-state index in [0.29, 0.717) is 18.3 Å². The van der Waals surface area contributed by atoms with Gasteiger partial charge >= 0.3 is 0 Å². The van der Waals surface area contributed by atoms with Gasteiger partial charge in [-0.2, -0.15) is 5.10 Å². The molecule has 4 nitrogen and oxygen atoms in total. The Hall–Kier alpha value is -2.49. The zero-order valence-electron chi connectivity index (χ0n) is 11.0. The molecule has 0 amide bonds. The molecule has 0 spiro atoms. The predicted octanol–water partition coefficient (Wildman–Crippen LogP) is 2.79. The number of nitrogens with two attached hydrogens (primary N) is 1. The van der Waals surface area contributed by atoms with Crippen LogP contribution in [0.4, 0.5) is 5.82 Å². The van der Waals surface area contributed by atoms with Crippen LogP contribution in [0.1, 0.15) is 11.5 Å². The molecule has 0 aliphatic carbocycles. The van der Waals surface area contributed by atoms with Crippen molar-refractivity contribution in [1.82, 2.24) is 9.78 Å². The maximum absolute atomic E-state index is 5.98. The molecule has 20 heavy (non-hydrogen) atoms. The second-order valence-electron chi connectivity index (χ2n) is 5.13. The number of hydrogen-bond acceptors (Lipinski definition) is 3. The van der Waals surface area contributed by atoms with Gasteiger partial charge in [-0.3, -0.25) is 4.68 Å². The van der Waals surface area contributed by atoms with Crippen molar-refractivity contribution in [3.8, 4) is 5.75 Å². The average Bonchev–Trinajstić information content (AvgIpc) is 3.03. The number of hydrogen-bond donors (Lipinski definition) is 1. The van der Waals surface area contributed by atoms with Crippen LogP contribution in [0.3, 0.4) is 0 Å². The van der Waals surface area contributed by atoms with E-state index >= 15 is 0 Å². The number of aromatic nitrogens is 2. The second-order valence-corrected chi connectivity index (χ2v) is 5.13. The molecule has 0 bridgehead atoms. The van der Waals surface area contributed by atoms with Crippen LogP contribution in [-0.2, 0) is 6.54 Å². The van der Waals surface area contributed by atoms with Gasteiger partial charge in [0.05, 0.1) is 18.7 Å². The minimum Gasteiger partial charge on any atom is -0.493 e. The van der Waals surface area contributed by atoms with E-state index in [1.54, 1.807) is 0 Å². The molecule has 3 aromatic rings.